The molecule has 4 nitrogen and oxygen atoms in total. The molecule has 2 aromatic carbocycles. The van der Waals surface area contributed by atoms with E-state index >= 15 is 0 Å². The Bertz CT molecular complexity index is 705. The van der Waals surface area contributed by atoms with E-state index in [1.54, 1.807) is 12.1 Å². The highest BCUT2D eigenvalue weighted by atomic mass is 35.5. The van der Waals surface area contributed by atoms with Gasteiger partial charge in [0, 0.05) is 39.3 Å². The minimum atomic E-state index is 0.781. The number of fused-ring (bicyclic) bond motifs is 1. The second-order valence-corrected chi connectivity index (χ2v) is 7.39. The number of benzene rings is 2. The van der Waals surface area contributed by atoms with Gasteiger partial charge in [0.2, 0.25) is 0 Å². The highest BCUT2D eigenvalue weighted by molar-refractivity contribution is 8.02. The Hall–Kier alpha value is -1.40. The largest absolute Gasteiger partial charge is 0.314 e. The lowest BCUT2D eigenvalue weighted by Crippen LogP contribution is -2.45. The first kappa shape index (κ1) is 16.1. The molecule has 0 radical (unpaired) electrons. The van der Waals surface area contributed by atoms with Gasteiger partial charge in [-0.2, -0.15) is 0 Å². The first-order chi connectivity index (χ1) is 11.8. The lowest BCUT2D eigenvalue weighted by Gasteiger charge is -2.29. The zero-order chi connectivity index (χ0) is 16.4. The fourth-order valence-electron chi connectivity index (χ4n) is 3.15. The molecule has 2 aliphatic rings. The average Bonchev–Trinajstić information content (AvgIpc) is 3.00. The maximum absolute atomic E-state index is 6.43. The SMILES string of the molecule is Clc1ccccc1N1SN(CCN2CCNCC2)c2ccccc21. The third-order valence-corrected chi connectivity index (χ3v) is 5.90. The van der Waals surface area contributed by atoms with Crippen LogP contribution >= 0.6 is 23.7 Å². The van der Waals surface area contributed by atoms with Crippen molar-refractivity contribution in [2.24, 2.45) is 0 Å². The average molecular weight is 361 g/mol. The zero-order valence-electron chi connectivity index (χ0n) is 13.5. The molecule has 0 saturated carbocycles. The van der Waals surface area contributed by atoms with E-state index in [-0.39, 0.29) is 0 Å². The molecule has 24 heavy (non-hydrogen) atoms. The number of nitrogens with zero attached hydrogens (tertiary/aromatic N) is 3. The minimum absolute atomic E-state index is 0.781. The normalized spacial score (nSPS) is 18.0. The van der Waals surface area contributed by atoms with Crippen LogP contribution in [0.3, 0.4) is 0 Å². The summed E-state index contributed by atoms with van der Waals surface area (Å²) in [6.45, 7) is 6.54. The summed E-state index contributed by atoms with van der Waals surface area (Å²) in [6.07, 6.45) is 0. The molecule has 0 spiro atoms. The van der Waals surface area contributed by atoms with E-state index in [0.717, 1.165) is 50.0 Å². The van der Waals surface area contributed by atoms with Gasteiger partial charge in [0.25, 0.3) is 0 Å². The Morgan fingerprint density at radius 3 is 2.29 bits per heavy atom. The number of anilines is 3. The predicted octanol–water partition coefficient (Wildman–Crippen LogP) is 3.77. The van der Waals surface area contributed by atoms with Crippen molar-refractivity contribution in [1.82, 2.24) is 10.2 Å². The van der Waals surface area contributed by atoms with Gasteiger partial charge in [-0.3, -0.25) is 13.5 Å². The Labute approximate surface area is 152 Å². The molecule has 0 amide bonds. The number of nitrogens with one attached hydrogen (secondary N) is 1. The minimum Gasteiger partial charge on any atom is -0.314 e. The van der Waals surface area contributed by atoms with Gasteiger partial charge in [-0.25, -0.2) is 0 Å². The summed E-state index contributed by atoms with van der Waals surface area (Å²) in [5.41, 5.74) is 3.51. The molecule has 1 fully saturated rings. The molecule has 2 aliphatic heterocycles. The number of piperazine rings is 1. The monoisotopic (exact) mass is 360 g/mol. The highest BCUT2D eigenvalue weighted by Crippen LogP contribution is 2.50. The fourth-order valence-corrected chi connectivity index (χ4v) is 4.51. The predicted molar refractivity (Wildman–Crippen MR) is 104 cm³/mol. The molecule has 2 heterocycles. The number of hydrogen-bond donors (Lipinski definition) is 1. The third-order valence-electron chi connectivity index (χ3n) is 4.45. The number of halogens is 1. The summed E-state index contributed by atoms with van der Waals surface area (Å²) in [5.74, 6) is 0. The van der Waals surface area contributed by atoms with Crippen molar-refractivity contribution in [3.63, 3.8) is 0 Å². The molecule has 4 rings (SSSR count). The third kappa shape index (κ3) is 3.22. The first-order valence-electron chi connectivity index (χ1n) is 8.35. The molecule has 0 aromatic heterocycles. The topological polar surface area (TPSA) is 21.8 Å². The van der Waals surface area contributed by atoms with Crippen molar-refractivity contribution in [1.29, 1.82) is 0 Å². The zero-order valence-corrected chi connectivity index (χ0v) is 15.1. The van der Waals surface area contributed by atoms with Crippen molar-refractivity contribution >= 4 is 40.8 Å². The maximum Gasteiger partial charge on any atom is 0.0785 e. The van der Waals surface area contributed by atoms with Crippen molar-refractivity contribution in [2.45, 2.75) is 0 Å². The maximum atomic E-state index is 6.43. The van der Waals surface area contributed by atoms with Gasteiger partial charge in [-0.15, -0.1) is 0 Å². The lowest BCUT2D eigenvalue weighted by atomic mass is 10.2. The van der Waals surface area contributed by atoms with Crippen LogP contribution in [0.1, 0.15) is 0 Å². The molecule has 126 valence electrons. The Morgan fingerprint density at radius 1 is 0.875 bits per heavy atom. The molecule has 6 heteroatoms. The quantitative estimate of drug-likeness (QED) is 0.836. The van der Waals surface area contributed by atoms with Crippen LogP contribution in [0.15, 0.2) is 48.5 Å². The van der Waals surface area contributed by atoms with Gasteiger partial charge in [-0.05, 0) is 24.3 Å². The van der Waals surface area contributed by atoms with Gasteiger partial charge < -0.3 is 5.32 Å². The molecule has 1 saturated heterocycles. The Morgan fingerprint density at radius 2 is 1.54 bits per heavy atom. The lowest BCUT2D eigenvalue weighted by molar-refractivity contribution is 0.248. The van der Waals surface area contributed by atoms with Crippen LogP contribution < -0.4 is 13.9 Å². The Kier molecular flexibility index (Phi) is 4.85. The summed E-state index contributed by atoms with van der Waals surface area (Å²) < 4.78 is 4.61. The van der Waals surface area contributed by atoms with Crippen molar-refractivity contribution in [3.05, 3.63) is 53.6 Å². The van der Waals surface area contributed by atoms with Gasteiger partial charge in [0.05, 0.1) is 34.2 Å². The second kappa shape index (κ2) is 7.23. The van der Waals surface area contributed by atoms with E-state index in [9.17, 15) is 0 Å². The van der Waals surface area contributed by atoms with Gasteiger partial charge >= 0.3 is 0 Å². The van der Waals surface area contributed by atoms with Gasteiger partial charge in [-0.1, -0.05) is 35.9 Å². The summed E-state index contributed by atoms with van der Waals surface area (Å²) >= 11 is 8.16. The summed E-state index contributed by atoms with van der Waals surface area (Å²) in [6, 6.07) is 16.6. The molecular formula is C18H21ClN4S. The van der Waals surface area contributed by atoms with Crippen LogP contribution in [0.4, 0.5) is 17.1 Å². The Balaban J connectivity index is 1.54. The molecule has 0 atom stereocenters. The van der Waals surface area contributed by atoms with E-state index in [1.165, 1.54) is 11.4 Å². The summed E-state index contributed by atoms with van der Waals surface area (Å²) in [5, 5.41) is 4.19. The van der Waals surface area contributed by atoms with Crippen LogP contribution in [0.25, 0.3) is 0 Å². The highest BCUT2D eigenvalue weighted by Gasteiger charge is 2.29. The van der Waals surface area contributed by atoms with Crippen LogP contribution in [-0.4, -0.2) is 44.2 Å². The van der Waals surface area contributed by atoms with E-state index in [2.05, 4.69) is 49.2 Å². The number of hydrogen-bond acceptors (Lipinski definition) is 5. The second-order valence-electron chi connectivity index (χ2n) is 6.01. The molecule has 1 N–H and O–H groups in total. The van der Waals surface area contributed by atoms with Crippen molar-refractivity contribution < 1.29 is 0 Å². The van der Waals surface area contributed by atoms with Crippen LogP contribution in [0.5, 0.6) is 0 Å². The van der Waals surface area contributed by atoms with E-state index < -0.39 is 0 Å². The summed E-state index contributed by atoms with van der Waals surface area (Å²) in [7, 11) is 0. The van der Waals surface area contributed by atoms with E-state index in [0.29, 0.717) is 0 Å². The van der Waals surface area contributed by atoms with Gasteiger partial charge in [0.15, 0.2) is 0 Å². The molecule has 2 aromatic rings. The van der Waals surface area contributed by atoms with Crippen LogP contribution in [0.2, 0.25) is 5.02 Å². The van der Waals surface area contributed by atoms with Crippen molar-refractivity contribution in [3.8, 4) is 0 Å². The summed E-state index contributed by atoms with van der Waals surface area (Å²) in [4.78, 5) is 2.53. The first-order valence-corrected chi connectivity index (χ1v) is 9.46. The van der Waals surface area contributed by atoms with Gasteiger partial charge in [0.1, 0.15) is 0 Å². The van der Waals surface area contributed by atoms with E-state index in [1.807, 2.05) is 18.2 Å². The fraction of sp³-hybridized carbons (Fsp3) is 0.333. The molecular weight excluding hydrogens is 340 g/mol. The smallest absolute Gasteiger partial charge is 0.0785 e. The van der Waals surface area contributed by atoms with Crippen molar-refractivity contribution in [2.75, 3.05) is 47.9 Å². The standard InChI is InChI=1S/C18H21ClN4S/c19-15-5-1-2-6-16(15)23-18-8-4-3-7-17(18)22(24-23)14-13-21-11-9-20-10-12-21/h1-8,20H,9-14H2. The molecule has 0 bridgehead atoms. The molecule has 0 aliphatic carbocycles. The number of para-hydroxylation sites is 3. The van der Waals surface area contributed by atoms with E-state index in [4.69, 9.17) is 11.6 Å². The van der Waals surface area contributed by atoms with Crippen LogP contribution in [0, 0.1) is 0 Å². The van der Waals surface area contributed by atoms with Crippen LogP contribution in [-0.2, 0) is 0 Å². The molecule has 0 unspecified atom stereocenters. The number of rotatable bonds is 4.